The maximum atomic E-state index is 14.8. The van der Waals surface area contributed by atoms with E-state index >= 15 is 0 Å². The van der Waals surface area contributed by atoms with E-state index in [9.17, 15) is 27.6 Å². The number of amides is 4. The number of alkyl carbamates (subject to hydrolysis) is 1. The normalized spacial score (nSPS) is 26.6. The Hall–Kier alpha value is -5.71. The summed E-state index contributed by atoms with van der Waals surface area (Å²) >= 11 is 0. The molecule has 17 heteroatoms. The highest BCUT2D eigenvalue weighted by molar-refractivity contribution is 7.91. The van der Waals surface area contributed by atoms with Gasteiger partial charge in [-0.25, -0.2) is 18.2 Å². The number of carbonyl (C=O) groups is 4. The van der Waals surface area contributed by atoms with E-state index in [-0.39, 0.29) is 43.1 Å². The molecule has 16 nitrogen and oxygen atoms in total. The lowest BCUT2D eigenvalue weighted by atomic mass is 10.0. The van der Waals surface area contributed by atoms with E-state index < -0.39 is 68.2 Å². The predicted molar refractivity (Wildman–Crippen MR) is 237 cm³/mol. The molecule has 5 atom stereocenters. The molecular weight excluding hydrogens is 841 g/mol. The molecule has 0 bridgehead atoms. The van der Waals surface area contributed by atoms with E-state index in [4.69, 9.17) is 28.6 Å². The van der Waals surface area contributed by atoms with Crippen LogP contribution in [0.25, 0.3) is 33.5 Å². The molecule has 1 saturated heterocycles. The molecule has 0 unspecified atom stereocenters. The second kappa shape index (κ2) is 17.3. The van der Waals surface area contributed by atoms with E-state index in [0.717, 1.165) is 43.9 Å². The van der Waals surface area contributed by atoms with E-state index in [0.29, 0.717) is 60.3 Å². The molecule has 4 fully saturated rings. The van der Waals surface area contributed by atoms with Gasteiger partial charge in [0, 0.05) is 23.3 Å². The lowest BCUT2D eigenvalue weighted by molar-refractivity contribution is -0.141. The Morgan fingerprint density at radius 2 is 1.70 bits per heavy atom. The molecule has 4 amide bonds. The fourth-order valence-electron chi connectivity index (χ4n) is 9.17. The van der Waals surface area contributed by atoms with Crippen molar-refractivity contribution in [1.29, 1.82) is 0 Å². The Kier molecular flexibility index (Phi) is 11.8. The number of furan rings is 1. The molecular formula is C47H56N6O10S. The quantitative estimate of drug-likeness (QED) is 0.144. The van der Waals surface area contributed by atoms with Gasteiger partial charge in [0.1, 0.15) is 46.7 Å². The van der Waals surface area contributed by atoms with E-state index in [2.05, 4.69) is 15.4 Å². The molecule has 2 aromatic heterocycles. The average molecular weight is 897 g/mol. The van der Waals surface area contributed by atoms with Crippen molar-refractivity contribution in [3.8, 4) is 23.0 Å². The van der Waals surface area contributed by atoms with Gasteiger partial charge in [0.05, 0.1) is 17.4 Å². The first-order valence-corrected chi connectivity index (χ1v) is 24.2. The number of hydrogen-bond donors (Lipinski definition) is 3. The van der Waals surface area contributed by atoms with Crippen molar-refractivity contribution in [3.05, 3.63) is 60.7 Å². The summed E-state index contributed by atoms with van der Waals surface area (Å²) in [5.74, 6) is -1.28. The van der Waals surface area contributed by atoms with E-state index in [1.165, 1.54) is 4.90 Å². The molecule has 4 aromatic rings. The summed E-state index contributed by atoms with van der Waals surface area (Å²) in [4.78, 5) is 68.1. The lowest BCUT2D eigenvalue weighted by Gasteiger charge is -2.30. The van der Waals surface area contributed by atoms with Crippen LogP contribution in [0.2, 0.25) is 0 Å². The zero-order chi connectivity index (χ0) is 44.8. The second-order valence-electron chi connectivity index (χ2n) is 18.5. The minimum Gasteiger partial charge on any atom is -0.491 e. The summed E-state index contributed by atoms with van der Waals surface area (Å²) in [6.45, 7) is 5.41. The standard InChI is InChI=1S/C47H56N6O10S/c1-28(2)60-32-21-19-29(20-22-32)40-49-38-34-16-11-12-18-37(34)63-39(38)42(50-40)61-33-25-36-41(54)51-47(44(56)52-64(58,59)46(3)23-24-46)26-30(47)13-7-5-4-6-8-17-35(43(55)53(36)27-33)48-45(57)62-31-14-9-10-15-31/h7,11-13,16,18-22,28,30-31,33,35-36H,4-6,8-10,14-15,17,23-27H2,1-3H3,(H,48,57)(H,51,54)(H,52,56)/b13-7-/t30-,33-,35+,36+,47-/m1/s1. The van der Waals surface area contributed by atoms with Gasteiger partial charge in [-0.15, -0.1) is 0 Å². The fraction of sp³-hybridized carbons (Fsp3) is 0.532. The molecule has 3 saturated carbocycles. The predicted octanol–water partition coefficient (Wildman–Crippen LogP) is 6.61. The van der Waals surface area contributed by atoms with Crippen molar-refractivity contribution in [2.75, 3.05) is 6.54 Å². The van der Waals surface area contributed by atoms with Gasteiger partial charge < -0.3 is 34.2 Å². The van der Waals surface area contributed by atoms with Gasteiger partial charge in [0.2, 0.25) is 27.4 Å². The van der Waals surface area contributed by atoms with Crippen molar-refractivity contribution >= 4 is 55.9 Å². The molecule has 3 N–H and O–H groups in total. The lowest BCUT2D eigenvalue weighted by Crippen LogP contribution is -2.58. The SMILES string of the molecule is CC(C)Oc1ccc(-c2nc(O[C@@H]3C[C@H]4C(=O)N[C@]5(C(=O)NS(=O)(=O)C6(C)CC6)C[C@H]5/C=C\CCCCC[C@H](NC(=O)OC5CCCC5)C(=O)N4C3)c3oc4ccccc4c3n2)cc1. The van der Waals surface area contributed by atoms with Crippen LogP contribution in [-0.4, -0.2) is 94.3 Å². The largest absolute Gasteiger partial charge is 0.491 e. The Morgan fingerprint density at radius 3 is 2.45 bits per heavy atom. The van der Waals surface area contributed by atoms with Crippen molar-refractivity contribution < 1.29 is 46.2 Å². The first kappa shape index (κ1) is 43.5. The first-order valence-electron chi connectivity index (χ1n) is 22.7. The van der Waals surface area contributed by atoms with Crippen LogP contribution in [-0.2, 0) is 29.1 Å². The van der Waals surface area contributed by atoms with E-state index in [1.807, 2.05) is 74.5 Å². The van der Waals surface area contributed by atoms with Gasteiger partial charge in [-0.2, -0.15) is 4.98 Å². The van der Waals surface area contributed by atoms with Gasteiger partial charge in [-0.05, 0) is 121 Å². The average Bonchev–Trinajstić information content (AvgIpc) is 3.92. The molecule has 9 rings (SSSR count). The molecule has 2 aliphatic heterocycles. The number of nitrogens with zero attached hydrogens (tertiary/aromatic N) is 3. The summed E-state index contributed by atoms with van der Waals surface area (Å²) in [7, 11) is -4.02. The number of nitrogens with one attached hydrogen (secondary N) is 3. The third-order valence-electron chi connectivity index (χ3n) is 13.3. The monoisotopic (exact) mass is 896 g/mol. The van der Waals surface area contributed by atoms with Gasteiger partial charge in [0.15, 0.2) is 5.82 Å². The molecule has 3 aliphatic carbocycles. The highest BCUT2D eigenvalue weighted by atomic mass is 32.2. The molecule has 2 aromatic carbocycles. The third-order valence-corrected chi connectivity index (χ3v) is 15.5. The van der Waals surface area contributed by atoms with Crippen LogP contribution in [0, 0.1) is 5.92 Å². The molecule has 64 heavy (non-hydrogen) atoms. The van der Waals surface area contributed by atoms with Crippen LogP contribution in [0.1, 0.15) is 104 Å². The Balaban J connectivity index is 1.05. The van der Waals surface area contributed by atoms with Crippen molar-refractivity contribution in [2.45, 2.75) is 145 Å². The smallest absolute Gasteiger partial charge is 0.408 e. The molecule has 0 spiro atoms. The third kappa shape index (κ3) is 8.87. The summed E-state index contributed by atoms with van der Waals surface area (Å²) in [5, 5.41) is 6.50. The maximum Gasteiger partial charge on any atom is 0.408 e. The molecule has 0 radical (unpaired) electrons. The van der Waals surface area contributed by atoms with Gasteiger partial charge >= 0.3 is 6.09 Å². The summed E-state index contributed by atoms with van der Waals surface area (Å²) in [6.07, 6.45) is 9.65. The van der Waals surface area contributed by atoms with Crippen molar-refractivity contribution in [1.82, 2.24) is 30.2 Å². The summed E-state index contributed by atoms with van der Waals surface area (Å²) in [6, 6.07) is 12.6. The van der Waals surface area contributed by atoms with Crippen LogP contribution in [0.5, 0.6) is 11.6 Å². The first-order chi connectivity index (χ1) is 30.7. The van der Waals surface area contributed by atoms with Crippen LogP contribution in [0.15, 0.2) is 65.1 Å². The topological polar surface area (TPSA) is 208 Å². The Bertz CT molecular complexity index is 2580. The number of para-hydroxylation sites is 1. The maximum absolute atomic E-state index is 14.8. The number of fused-ring (bicyclic) bond motifs is 5. The molecule has 4 heterocycles. The summed E-state index contributed by atoms with van der Waals surface area (Å²) in [5.41, 5.74) is 0.499. The van der Waals surface area contributed by atoms with Crippen LogP contribution >= 0.6 is 0 Å². The molecule has 5 aliphatic rings. The number of ether oxygens (including phenoxy) is 3. The van der Waals surface area contributed by atoms with Gasteiger partial charge in [-0.1, -0.05) is 37.1 Å². The summed E-state index contributed by atoms with van der Waals surface area (Å²) < 4.78 is 52.4. The Labute approximate surface area is 372 Å². The number of sulfonamides is 1. The van der Waals surface area contributed by atoms with Crippen molar-refractivity contribution in [3.63, 3.8) is 0 Å². The zero-order valence-corrected chi connectivity index (χ0v) is 37.3. The van der Waals surface area contributed by atoms with Crippen LogP contribution < -0.4 is 24.8 Å². The number of aromatic nitrogens is 2. The number of rotatable bonds is 10. The highest BCUT2D eigenvalue weighted by Gasteiger charge is 2.63. The number of carbonyl (C=O) groups excluding carboxylic acids is 4. The minimum atomic E-state index is -4.02. The fourth-order valence-corrected chi connectivity index (χ4v) is 10.5. The second-order valence-corrected chi connectivity index (χ2v) is 20.7. The van der Waals surface area contributed by atoms with Crippen LogP contribution in [0.3, 0.4) is 0 Å². The van der Waals surface area contributed by atoms with Gasteiger partial charge in [0.25, 0.3) is 11.8 Å². The van der Waals surface area contributed by atoms with Crippen molar-refractivity contribution in [2.24, 2.45) is 5.92 Å². The number of benzene rings is 2. The van der Waals surface area contributed by atoms with Crippen LogP contribution in [0.4, 0.5) is 4.79 Å². The molecule has 340 valence electrons. The minimum absolute atomic E-state index is 0.0144. The number of hydrogen-bond acceptors (Lipinski definition) is 12. The van der Waals surface area contributed by atoms with Gasteiger partial charge in [-0.3, -0.25) is 19.1 Å². The number of allylic oxidation sites excluding steroid dienone is 1. The Morgan fingerprint density at radius 1 is 0.953 bits per heavy atom. The van der Waals surface area contributed by atoms with E-state index in [1.54, 1.807) is 6.92 Å². The zero-order valence-electron chi connectivity index (χ0n) is 36.5. The highest BCUT2D eigenvalue weighted by Crippen LogP contribution is 2.48.